The summed E-state index contributed by atoms with van der Waals surface area (Å²) < 4.78 is 14.5. The summed E-state index contributed by atoms with van der Waals surface area (Å²) in [7, 11) is 1.36. The van der Waals surface area contributed by atoms with E-state index >= 15 is 0 Å². The molecule has 3 aromatic heterocycles. The molecule has 0 amide bonds. The number of thiazole rings is 1. The van der Waals surface area contributed by atoms with Crippen LogP contribution in [0.25, 0.3) is 17.5 Å². The third-order valence-corrected chi connectivity index (χ3v) is 9.40. The molecule has 0 radical (unpaired) electrons. The van der Waals surface area contributed by atoms with Crippen molar-refractivity contribution in [3.63, 3.8) is 0 Å². The molecule has 5 aromatic rings. The first-order chi connectivity index (χ1) is 21.3. The summed E-state index contributed by atoms with van der Waals surface area (Å²) in [5.74, 6) is -0.888. The number of methoxy groups -OCH3 is 1. The molecule has 6 rings (SSSR count). The van der Waals surface area contributed by atoms with Crippen LogP contribution in [0, 0.1) is 13.8 Å². The van der Waals surface area contributed by atoms with Crippen molar-refractivity contribution in [2.75, 3.05) is 13.7 Å². The Labute approximate surface area is 261 Å². The molecule has 1 aliphatic rings. The lowest BCUT2D eigenvalue weighted by atomic mass is 9.97. The number of esters is 2. The van der Waals surface area contributed by atoms with Crippen LogP contribution in [0.1, 0.15) is 50.7 Å². The average Bonchev–Trinajstić information content (AvgIpc) is 3.75. The fourth-order valence-corrected chi connectivity index (χ4v) is 7.31. The van der Waals surface area contributed by atoms with Crippen molar-refractivity contribution in [3.8, 4) is 5.69 Å². The topological polar surface area (TPSA) is 91.9 Å². The van der Waals surface area contributed by atoms with Gasteiger partial charge in [0.25, 0.3) is 5.56 Å². The molecule has 0 N–H and O–H groups in total. The average molecular weight is 624 g/mol. The molecule has 0 bridgehead atoms. The highest BCUT2D eigenvalue weighted by Gasteiger charge is 2.35. The fraction of sp³-hybridized carbons (Fsp3) is 0.176. The van der Waals surface area contributed by atoms with Crippen molar-refractivity contribution in [1.82, 2.24) is 9.13 Å². The van der Waals surface area contributed by atoms with E-state index in [-0.39, 0.29) is 12.2 Å². The van der Waals surface area contributed by atoms with Crippen LogP contribution < -0.4 is 14.9 Å². The predicted molar refractivity (Wildman–Crippen MR) is 172 cm³/mol. The number of aryl methyl sites for hydroxylation is 1. The molecule has 2 aromatic carbocycles. The minimum atomic E-state index is -0.677. The standard InChI is InChI=1S/C34H29N3O5S2/c1-5-42-33(40)28-29(22-10-7-6-8-11-22)35-34-37(30(28)26-12-9-17-43-26)31(38)27(44-34)19-24-18-20(2)36(21(24)3)25-15-13-23(14-16-25)32(39)41-4/h6-19,30H,5H2,1-4H3/b27-19-. The minimum absolute atomic E-state index is 0.201. The highest BCUT2D eigenvalue weighted by molar-refractivity contribution is 7.10. The molecule has 0 fully saturated rings. The van der Waals surface area contributed by atoms with Gasteiger partial charge in [-0.15, -0.1) is 11.3 Å². The second-order valence-electron chi connectivity index (χ2n) is 10.1. The molecule has 1 unspecified atom stereocenters. The van der Waals surface area contributed by atoms with E-state index in [9.17, 15) is 14.4 Å². The van der Waals surface area contributed by atoms with E-state index in [2.05, 4.69) is 4.57 Å². The molecule has 0 saturated carbocycles. The summed E-state index contributed by atoms with van der Waals surface area (Å²) in [6, 6.07) is 21.9. The Hall–Kier alpha value is -4.80. The number of carbonyl (C=O) groups excluding carboxylic acids is 2. The summed E-state index contributed by atoms with van der Waals surface area (Å²) in [4.78, 5) is 45.8. The number of benzene rings is 2. The van der Waals surface area contributed by atoms with E-state index in [1.807, 2.05) is 86.0 Å². The second kappa shape index (κ2) is 12.1. The molecule has 0 spiro atoms. The van der Waals surface area contributed by atoms with Crippen molar-refractivity contribution in [1.29, 1.82) is 0 Å². The van der Waals surface area contributed by atoms with Crippen molar-refractivity contribution in [2.45, 2.75) is 26.8 Å². The van der Waals surface area contributed by atoms with Gasteiger partial charge in [-0.25, -0.2) is 14.6 Å². The molecule has 1 aliphatic heterocycles. The van der Waals surface area contributed by atoms with Gasteiger partial charge in [0.15, 0.2) is 4.80 Å². The highest BCUT2D eigenvalue weighted by Crippen LogP contribution is 2.36. The molecule has 222 valence electrons. The minimum Gasteiger partial charge on any atom is -0.465 e. The lowest BCUT2D eigenvalue weighted by molar-refractivity contribution is -0.138. The molecule has 0 saturated heterocycles. The molecular weight excluding hydrogens is 595 g/mol. The number of thiophene rings is 1. The molecule has 1 atom stereocenters. The Kier molecular flexibility index (Phi) is 8.03. The second-order valence-corrected chi connectivity index (χ2v) is 12.1. The molecule has 4 heterocycles. The zero-order valence-corrected chi connectivity index (χ0v) is 26.2. The smallest absolute Gasteiger partial charge is 0.338 e. The Morgan fingerprint density at radius 3 is 2.41 bits per heavy atom. The predicted octanol–water partition coefficient (Wildman–Crippen LogP) is 5.19. The first kappa shape index (κ1) is 29.3. The summed E-state index contributed by atoms with van der Waals surface area (Å²) in [5, 5.41) is 1.93. The van der Waals surface area contributed by atoms with Gasteiger partial charge in [0.1, 0.15) is 6.04 Å². The van der Waals surface area contributed by atoms with Crippen LogP contribution in [0.5, 0.6) is 0 Å². The van der Waals surface area contributed by atoms with Crippen LogP contribution in [0.15, 0.2) is 93.5 Å². The van der Waals surface area contributed by atoms with Gasteiger partial charge < -0.3 is 14.0 Å². The number of hydrogen-bond acceptors (Lipinski definition) is 8. The number of hydrogen-bond donors (Lipinski definition) is 0. The van der Waals surface area contributed by atoms with Gasteiger partial charge in [0, 0.05) is 27.5 Å². The van der Waals surface area contributed by atoms with E-state index in [0.29, 0.717) is 26.2 Å². The van der Waals surface area contributed by atoms with E-state index in [1.165, 1.54) is 29.8 Å². The maximum Gasteiger partial charge on any atom is 0.338 e. The zero-order valence-electron chi connectivity index (χ0n) is 24.6. The number of rotatable bonds is 7. The van der Waals surface area contributed by atoms with Gasteiger partial charge in [-0.2, -0.15) is 0 Å². The van der Waals surface area contributed by atoms with Gasteiger partial charge in [-0.05, 0) is 74.2 Å². The third kappa shape index (κ3) is 5.16. The van der Waals surface area contributed by atoms with Crippen LogP contribution in [-0.4, -0.2) is 34.8 Å². The number of fused-ring (bicyclic) bond motifs is 1. The largest absolute Gasteiger partial charge is 0.465 e. The lowest BCUT2D eigenvalue weighted by Crippen LogP contribution is -2.39. The SMILES string of the molecule is CCOC(=O)C1=C(c2ccccc2)N=c2s/c(=C\c3cc(C)n(-c4ccc(C(=O)OC)cc4)c3C)c(=O)n2C1c1cccs1. The molecular formula is C34H29N3O5S2. The quantitative estimate of drug-likeness (QED) is 0.233. The third-order valence-electron chi connectivity index (χ3n) is 7.49. The van der Waals surface area contributed by atoms with Crippen LogP contribution in [0.3, 0.4) is 0 Å². The van der Waals surface area contributed by atoms with Gasteiger partial charge in [-0.1, -0.05) is 47.7 Å². The number of aromatic nitrogens is 2. The Morgan fingerprint density at radius 1 is 1.00 bits per heavy atom. The summed E-state index contributed by atoms with van der Waals surface area (Å²) >= 11 is 2.78. The maximum atomic E-state index is 14.2. The number of nitrogens with zero attached hydrogens (tertiary/aromatic N) is 3. The fourth-order valence-electron chi connectivity index (χ4n) is 5.49. The molecule has 10 heteroatoms. The first-order valence-electron chi connectivity index (χ1n) is 14.0. The van der Waals surface area contributed by atoms with Crippen LogP contribution in [0.2, 0.25) is 0 Å². The lowest BCUT2D eigenvalue weighted by Gasteiger charge is -2.24. The van der Waals surface area contributed by atoms with Gasteiger partial charge in [-0.3, -0.25) is 9.36 Å². The number of carbonyl (C=O) groups is 2. The summed E-state index contributed by atoms with van der Waals surface area (Å²) in [6.45, 7) is 5.95. The van der Waals surface area contributed by atoms with E-state index in [1.54, 1.807) is 23.6 Å². The van der Waals surface area contributed by atoms with Crippen LogP contribution >= 0.6 is 22.7 Å². The van der Waals surface area contributed by atoms with Crippen LogP contribution in [0.4, 0.5) is 0 Å². The zero-order chi connectivity index (χ0) is 31.0. The van der Waals surface area contributed by atoms with E-state index < -0.39 is 18.0 Å². The van der Waals surface area contributed by atoms with E-state index in [0.717, 1.165) is 33.1 Å². The Balaban J connectivity index is 1.52. The molecule has 44 heavy (non-hydrogen) atoms. The number of ether oxygens (including phenoxy) is 2. The summed E-state index contributed by atoms with van der Waals surface area (Å²) in [6.07, 6.45) is 1.88. The first-order valence-corrected chi connectivity index (χ1v) is 15.7. The Morgan fingerprint density at radius 2 is 1.75 bits per heavy atom. The van der Waals surface area contributed by atoms with Crippen molar-refractivity contribution in [2.24, 2.45) is 4.99 Å². The van der Waals surface area contributed by atoms with Crippen molar-refractivity contribution < 1.29 is 19.1 Å². The van der Waals surface area contributed by atoms with Crippen LogP contribution in [-0.2, 0) is 14.3 Å². The summed E-state index contributed by atoms with van der Waals surface area (Å²) in [5.41, 5.74) is 5.54. The van der Waals surface area contributed by atoms with Crippen molar-refractivity contribution in [3.05, 3.63) is 136 Å². The highest BCUT2D eigenvalue weighted by atomic mass is 32.1. The molecule has 0 aliphatic carbocycles. The van der Waals surface area contributed by atoms with E-state index in [4.69, 9.17) is 14.5 Å². The van der Waals surface area contributed by atoms with Gasteiger partial charge >= 0.3 is 11.9 Å². The normalized spacial score (nSPS) is 14.7. The van der Waals surface area contributed by atoms with Gasteiger partial charge in [0.2, 0.25) is 0 Å². The monoisotopic (exact) mass is 623 g/mol. The Bertz CT molecular complexity index is 2080. The maximum absolute atomic E-state index is 14.2. The van der Waals surface area contributed by atoms with Crippen molar-refractivity contribution >= 4 is 46.4 Å². The molecule has 8 nitrogen and oxygen atoms in total. The van der Waals surface area contributed by atoms with Gasteiger partial charge in [0.05, 0.1) is 35.1 Å².